The van der Waals surface area contributed by atoms with Gasteiger partial charge in [0.15, 0.2) is 0 Å². The number of carbonyl (C=O) groups excluding carboxylic acids is 1. The lowest BCUT2D eigenvalue weighted by atomic mass is 10.4. The summed E-state index contributed by atoms with van der Waals surface area (Å²) in [5.41, 5.74) is 1.09. The van der Waals surface area contributed by atoms with E-state index in [4.69, 9.17) is 9.47 Å². The molecule has 3 nitrogen and oxygen atoms in total. The molecule has 1 heterocycles. The zero-order valence-electron chi connectivity index (χ0n) is 7.49. The first kappa shape index (κ1) is 10.2. The van der Waals surface area contributed by atoms with Crippen molar-refractivity contribution >= 4 is 17.3 Å². The van der Waals surface area contributed by atoms with E-state index in [0.717, 1.165) is 5.56 Å². The maximum atomic E-state index is 10.8. The molecule has 0 spiro atoms. The van der Waals surface area contributed by atoms with Crippen LogP contribution in [0.25, 0.3) is 0 Å². The molecule has 0 aromatic carbocycles. The normalized spacial score (nSPS) is 9.92. The summed E-state index contributed by atoms with van der Waals surface area (Å²) in [6.07, 6.45) is 0. The number of hydrogen-bond donors (Lipinski definition) is 0. The highest BCUT2D eigenvalue weighted by Crippen LogP contribution is 2.06. The first-order chi connectivity index (χ1) is 6.33. The summed E-state index contributed by atoms with van der Waals surface area (Å²) in [6.45, 7) is 2.68. The summed E-state index contributed by atoms with van der Waals surface area (Å²) in [4.78, 5) is 10.8. The molecule has 0 fully saturated rings. The Hall–Kier alpha value is -0.870. The third kappa shape index (κ3) is 4.05. The van der Waals surface area contributed by atoms with E-state index >= 15 is 0 Å². The largest absolute Gasteiger partial charge is 0.464 e. The van der Waals surface area contributed by atoms with Crippen LogP contribution in [0.15, 0.2) is 16.8 Å². The second-order valence-electron chi connectivity index (χ2n) is 2.43. The molecule has 0 amide bonds. The van der Waals surface area contributed by atoms with Crippen LogP contribution in [0.1, 0.15) is 12.5 Å². The van der Waals surface area contributed by atoms with Crippen LogP contribution in [0, 0.1) is 0 Å². The molecule has 0 aliphatic heterocycles. The third-order valence-corrected chi connectivity index (χ3v) is 2.11. The molecule has 1 rings (SSSR count). The molecule has 0 N–H and O–H groups in total. The first-order valence-corrected chi connectivity index (χ1v) is 5.01. The molecule has 0 bridgehead atoms. The minimum atomic E-state index is -0.308. The van der Waals surface area contributed by atoms with Crippen LogP contribution >= 0.6 is 11.3 Å². The molecule has 1 aromatic heterocycles. The highest BCUT2D eigenvalue weighted by molar-refractivity contribution is 7.07. The number of carbonyl (C=O) groups is 1. The minimum Gasteiger partial charge on any atom is -0.464 e. The van der Waals surface area contributed by atoms with Gasteiger partial charge in [0.05, 0.1) is 13.2 Å². The Balaban J connectivity index is 2.11. The molecule has 0 radical (unpaired) electrons. The van der Waals surface area contributed by atoms with Gasteiger partial charge in [-0.1, -0.05) is 0 Å². The topological polar surface area (TPSA) is 35.5 Å². The first-order valence-electron chi connectivity index (χ1n) is 4.07. The van der Waals surface area contributed by atoms with E-state index in [-0.39, 0.29) is 12.6 Å². The Kier molecular flexibility index (Phi) is 4.49. The molecule has 0 aliphatic carbocycles. The predicted octanol–water partition coefficient (Wildman–Crippen LogP) is 1.83. The Bertz CT molecular complexity index is 243. The number of rotatable bonds is 5. The lowest BCUT2D eigenvalue weighted by Crippen LogP contribution is -2.11. The van der Waals surface area contributed by atoms with Gasteiger partial charge in [-0.2, -0.15) is 11.3 Å². The highest BCUT2D eigenvalue weighted by Gasteiger charge is 2.01. The van der Waals surface area contributed by atoms with Crippen LogP contribution in [0.3, 0.4) is 0 Å². The van der Waals surface area contributed by atoms with Crippen LogP contribution in [0.2, 0.25) is 0 Å². The van der Waals surface area contributed by atoms with Gasteiger partial charge in [0.1, 0.15) is 6.61 Å². The van der Waals surface area contributed by atoms with Crippen molar-refractivity contribution in [3.63, 3.8) is 0 Å². The number of thiophene rings is 1. The van der Waals surface area contributed by atoms with Crippen LogP contribution in [-0.4, -0.2) is 19.2 Å². The SMILES string of the molecule is CCOC(=O)COCc1ccsc1. The van der Waals surface area contributed by atoms with Gasteiger partial charge in [0, 0.05) is 0 Å². The second-order valence-corrected chi connectivity index (χ2v) is 3.21. The molecule has 72 valence electrons. The van der Waals surface area contributed by atoms with Crippen LogP contribution < -0.4 is 0 Å². The van der Waals surface area contributed by atoms with E-state index in [2.05, 4.69) is 0 Å². The highest BCUT2D eigenvalue weighted by atomic mass is 32.1. The van der Waals surface area contributed by atoms with Gasteiger partial charge in [-0.15, -0.1) is 0 Å². The average molecular weight is 200 g/mol. The molecule has 1 aromatic rings. The summed E-state index contributed by atoms with van der Waals surface area (Å²) in [6, 6.07) is 1.97. The molecule has 4 heteroatoms. The molecule has 0 saturated heterocycles. The van der Waals surface area contributed by atoms with Gasteiger partial charge in [0.2, 0.25) is 0 Å². The lowest BCUT2D eigenvalue weighted by molar-refractivity contribution is -0.148. The Morgan fingerprint density at radius 3 is 3.08 bits per heavy atom. The summed E-state index contributed by atoms with van der Waals surface area (Å²) in [7, 11) is 0. The van der Waals surface area contributed by atoms with Crippen molar-refractivity contribution in [3.8, 4) is 0 Å². The molecule has 0 unspecified atom stereocenters. The summed E-state index contributed by atoms with van der Waals surface area (Å²) in [5, 5.41) is 3.97. The van der Waals surface area contributed by atoms with Crippen LogP contribution in [0.4, 0.5) is 0 Å². The average Bonchev–Trinajstić information content (AvgIpc) is 2.57. The van der Waals surface area contributed by atoms with Crippen molar-refractivity contribution in [3.05, 3.63) is 22.4 Å². The standard InChI is InChI=1S/C9H12O3S/c1-2-12-9(10)6-11-5-8-3-4-13-7-8/h3-4,7H,2,5-6H2,1H3. The fourth-order valence-corrected chi connectivity index (χ4v) is 1.48. The monoisotopic (exact) mass is 200 g/mol. The zero-order chi connectivity index (χ0) is 9.52. The molecule has 0 atom stereocenters. The van der Waals surface area contributed by atoms with E-state index in [1.54, 1.807) is 18.3 Å². The fourth-order valence-electron chi connectivity index (χ4n) is 0.830. The minimum absolute atomic E-state index is 0.0314. The molecular weight excluding hydrogens is 188 g/mol. The summed E-state index contributed by atoms with van der Waals surface area (Å²) in [5.74, 6) is -0.308. The van der Waals surface area contributed by atoms with Crippen molar-refractivity contribution in [2.75, 3.05) is 13.2 Å². The van der Waals surface area contributed by atoms with Crippen molar-refractivity contribution in [2.24, 2.45) is 0 Å². The number of hydrogen-bond acceptors (Lipinski definition) is 4. The lowest BCUT2D eigenvalue weighted by Gasteiger charge is -2.01. The maximum absolute atomic E-state index is 10.8. The summed E-state index contributed by atoms with van der Waals surface area (Å²) < 4.78 is 9.82. The van der Waals surface area contributed by atoms with E-state index in [1.807, 2.05) is 16.8 Å². The van der Waals surface area contributed by atoms with Gasteiger partial charge in [-0.3, -0.25) is 0 Å². The second kappa shape index (κ2) is 5.72. The van der Waals surface area contributed by atoms with Crippen molar-refractivity contribution < 1.29 is 14.3 Å². The van der Waals surface area contributed by atoms with Gasteiger partial charge in [-0.25, -0.2) is 4.79 Å². The molecule has 13 heavy (non-hydrogen) atoms. The van der Waals surface area contributed by atoms with Crippen molar-refractivity contribution in [2.45, 2.75) is 13.5 Å². The maximum Gasteiger partial charge on any atom is 0.332 e. The van der Waals surface area contributed by atoms with E-state index < -0.39 is 0 Å². The Morgan fingerprint density at radius 1 is 1.62 bits per heavy atom. The summed E-state index contributed by atoms with van der Waals surface area (Å²) >= 11 is 1.61. The smallest absolute Gasteiger partial charge is 0.332 e. The number of ether oxygens (including phenoxy) is 2. The fraction of sp³-hybridized carbons (Fsp3) is 0.444. The van der Waals surface area contributed by atoms with Gasteiger partial charge < -0.3 is 9.47 Å². The molecule has 0 aliphatic rings. The molecule has 0 saturated carbocycles. The van der Waals surface area contributed by atoms with E-state index in [1.165, 1.54) is 0 Å². The van der Waals surface area contributed by atoms with Crippen molar-refractivity contribution in [1.82, 2.24) is 0 Å². The zero-order valence-corrected chi connectivity index (χ0v) is 8.30. The quantitative estimate of drug-likeness (QED) is 0.680. The number of esters is 1. The Morgan fingerprint density at radius 2 is 2.46 bits per heavy atom. The van der Waals surface area contributed by atoms with E-state index in [0.29, 0.717) is 13.2 Å². The molecular formula is C9H12O3S. The van der Waals surface area contributed by atoms with Crippen molar-refractivity contribution in [1.29, 1.82) is 0 Å². The predicted molar refractivity (Wildman–Crippen MR) is 50.6 cm³/mol. The van der Waals surface area contributed by atoms with Gasteiger partial charge in [0.25, 0.3) is 0 Å². The van der Waals surface area contributed by atoms with Crippen LogP contribution in [0.5, 0.6) is 0 Å². The Labute approximate surface area is 81.3 Å². The van der Waals surface area contributed by atoms with E-state index in [9.17, 15) is 4.79 Å². The van der Waals surface area contributed by atoms with Gasteiger partial charge in [-0.05, 0) is 29.3 Å². The van der Waals surface area contributed by atoms with Crippen LogP contribution in [-0.2, 0) is 20.9 Å². The van der Waals surface area contributed by atoms with Gasteiger partial charge >= 0.3 is 5.97 Å². The third-order valence-electron chi connectivity index (χ3n) is 1.37.